The number of nitrogens with one attached hydrogen (secondary N) is 1. The Morgan fingerprint density at radius 1 is 1.47 bits per heavy atom. The van der Waals surface area contributed by atoms with Gasteiger partial charge in [0.25, 0.3) is 0 Å². The van der Waals surface area contributed by atoms with Crippen molar-refractivity contribution >= 4 is 17.3 Å². The van der Waals surface area contributed by atoms with Crippen molar-refractivity contribution in [2.45, 2.75) is 25.8 Å². The Labute approximate surface area is 113 Å². The molecule has 1 aromatic carbocycles. The van der Waals surface area contributed by atoms with Crippen molar-refractivity contribution in [3.05, 3.63) is 18.2 Å². The van der Waals surface area contributed by atoms with Gasteiger partial charge in [-0.05, 0) is 19.4 Å². The number of nitrogens with zero attached hydrogens (tertiary/aromatic N) is 1. The van der Waals surface area contributed by atoms with Crippen LogP contribution in [0.5, 0.6) is 5.75 Å². The highest BCUT2D eigenvalue weighted by atomic mass is 16.5. The molecule has 2 rings (SSSR count). The molecule has 1 aliphatic rings. The van der Waals surface area contributed by atoms with Crippen molar-refractivity contribution in [1.82, 2.24) is 4.90 Å². The van der Waals surface area contributed by atoms with Gasteiger partial charge in [-0.3, -0.25) is 4.79 Å². The van der Waals surface area contributed by atoms with Crippen LogP contribution in [0, 0.1) is 0 Å². The number of hydrogen-bond donors (Lipinski definition) is 2. The number of benzene rings is 1. The number of rotatable bonds is 4. The van der Waals surface area contributed by atoms with Crippen LogP contribution in [0.25, 0.3) is 0 Å². The Morgan fingerprint density at radius 3 is 2.95 bits per heavy atom. The summed E-state index contributed by atoms with van der Waals surface area (Å²) in [5.74, 6) is 0.978. The monoisotopic (exact) mass is 263 g/mol. The van der Waals surface area contributed by atoms with Gasteiger partial charge in [-0.15, -0.1) is 0 Å². The van der Waals surface area contributed by atoms with E-state index in [4.69, 9.17) is 10.5 Å². The van der Waals surface area contributed by atoms with Gasteiger partial charge in [-0.2, -0.15) is 0 Å². The van der Waals surface area contributed by atoms with E-state index in [0.29, 0.717) is 18.7 Å². The smallest absolute Gasteiger partial charge is 0.222 e. The number of nitrogens with two attached hydrogens (primary N) is 1. The third kappa shape index (κ3) is 3.53. The molecule has 19 heavy (non-hydrogen) atoms. The molecule has 0 spiro atoms. The first kappa shape index (κ1) is 13.5. The number of ether oxygens (including phenoxy) is 1. The van der Waals surface area contributed by atoms with E-state index >= 15 is 0 Å². The molecule has 5 heteroatoms. The van der Waals surface area contributed by atoms with Gasteiger partial charge in [-0.25, -0.2) is 0 Å². The lowest BCUT2D eigenvalue weighted by Gasteiger charge is -2.31. The van der Waals surface area contributed by atoms with Gasteiger partial charge >= 0.3 is 0 Å². The molecule has 0 saturated carbocycles. The van der Waals surface area contributed by atoms with Crippen LogP contribution in [0.3, 0.4) is 0 Å². The van der Waals surface area contributed by atoms with Crippen LogP contribution >= 0.6 is 0 Å². The lowest BCUT2D eigenvalue weighted by Crippen LogP contribution is -2.43. The summed E-state index contributed by atoms with van der Waals surface area (Å²) < 4.78 is 5.47. The molecule has 1 aliphatic heterocycles. The number of carbonyl (C=O) groups is 1. The summed E-state index contributed by atoms with van der Waals surface area (Å²) in [6.07, 6.45) is 1.44. The van der Waals surface area contributed by atoms with Gasteiger partial charge in [0.2, 0.25) is 5.91 Å². The Kier molecular flexibility index (Phi) is 4.14. The van der Waals surface area contributed by atoms with Gasteiger partial charge in [0, 0.05) is 49.6 Å². The van der Waals surface area contributed by atoms with Crippen LogP contribution in [-0.2, 0) is 4.79 Å². The lowest BCUT2D eigenvalue weighted by molar-refractivity contribution is -0.132. The number of carbonyl (C=O) groups excluding carboxylic acids is 1. The van der Waals surface area contributed by atoms with Crippen LogP contribution in [0.2, 0.25) is 0 Å². The van der Waals surface area contributed by atoms with Gasteiger partial charge in [0.15, 0.2) is 0 Å². The number of amides is 1. The zero-order valence-corrected chi connectivity index (χ0v) is 11.5. The number of hydrogen-bond acceptors (Lipinski definition) is 4. The molecule has 1 aromatic rings. The summed E-state index contributed by atoms with van der Waals surface area (Å²) in [5.41, 5.74) is 7.48. The first-order valence-electron chi connectivity index (χ1n) is 6.62. The fraction of sp³-hybridized carbons (Fsp3) is 0.500. The minimum Gasteiger partial charge on any atom is -0.494 e. The average molecular weight is 263 g/mol. The number of likely N-dealkylation sites (N-methyl/N-ethyl adjacent to an activating group) is 1. The molecule has 1 amide bonds. The lowest BCUT2D eigenvalue weighted by atomic mass is 10.1. The van der Waals surface area contributed by atoms with Crippen molar-refractivity contribution in [2.24, 2.45) is 0 Å². The van der Waals surface area contributed by atoms with E-state index in [1.807, 2.05) is 32.2 Å². The predicted molar refractivity (Wildman–Crippen MR) is 76.3 cm³/mol. The zero-order chi connectivity index (χ0) is 13.8. The quantitative estimate of drug-likeness (QED) is 0.811. The van der Waals surface area contributed by atoms with E-state index in [1.165, 1.54) is 0 Å². The van der Waals surface area contributed by atoms with Crippen molar-refractivity contribution in [3.63, 3.8) is 0 Å². The standard InChI is InChI=1S/C14H21N3O2/c1-3-19-13-7-10(15)6-12(8-13)16-11-4-5-14(18)17(2)9-11/h6-8,11,16H,3-5,9,15H2,1-2H3. The molecule has 1 saturated heterocycles. The molecule has 1 fully saturated rings. The van der Waals surface area contributed by atoms with Gasteiger partial charge in [0.1, 0.15) is 5.75 Å². The largest absolute Gasteiger partial charge is 0.494 e. The summed E-state index contributed by atoms with van der Waals surface area (Å²) in [5, 5.41) is 3.42. The minimum atomic E-state index is 0.209. The maximum absolute atomic E-state index is 11.4. The average Bonchev–Trinajstić information content (AvgIpc) is 2.33. The van der Waals surface area contributed by atoms with Crippen molar-refractivity contribution in [2.75, 3.05) is 31.2 Å². The second-order valence-electron chi connectivity index (χ2n) is 4.88. The molecular formula is C14H21N3O2. The SMILES string of the molecule is CCOc1cc(N)cc(NC2CCC(=O)N(C)C2)c1. The molecule has 0 bridgehead atoms. The zero-order valence-electron chi connectivity index (χ0n) is 11.5. The number of piperidine rings is 1. The number of anilines is 2. The molecule has 0 aromatic heterocycles. The van der Waals surface area contributed by atoms with E-state index in [-0.39, 0.29) is 11.9 Å². The second-order valence-corrected chi connectivity index (χ2v) is 4.88. The number of likely N-dealkylation sites (tertiary alicyclic amines) is 1. The summed E-state index contributed by atoms with van der Waals surface area (Å²) >= 11 is 0. The molecule has 104 valence electrons. The highest BCUT2D eigenvalue weighted by molar-refractivity contribution is 5.77. The van der Waals surface area contributed by atoms with Crippen LogP contribution in [0.15, 0.2) is 18.2 Å². The Morgan fingerprint density at radius 2 is 2.26 bits per heavy atom. The highest BCUT2D eigenvalue weighted by Gasteiger charge is 2.22. The van der Waals surface area contributed by atoms with E-state index in [0.717, 1.165) is 24.4 Å². The van der Waals surface area contributed by atoms with E-state index < -0.39 is 0 Å². The molecule has 5 nitrogen and oxygen atoms in total. The summed E-state index contributed by atoms with van der Waals surface area (Å²) in [7, 11) is 1.83. The molecular weight excluding hydrogens is 242 g/mol. The van der Waals surface area contributed by atoms with E-state index in [1.54, 1.807) is 4.90 Å². The van der Waals surface area contributed by atoms with Crippen LogP contribution < -0.4 is 15.8 Å². The minimum absolute atomic E-state index is 0.209. The Hall–Kier alpha value is -1.91. The fourth-order valence-electron chi connectivity index (χ4n) is 2.32. The predicted octanol–water partition coefficient (Wildman–Crippen LogP) is 1.70. The molecule has 3 N–H and O–H groups in total. The third-order valence-corrected chi connectivity index (χ3v) is 3.24. The summed E-state index contributed by atoms with van der Waals surface area (Å²) in [6.45, 7) is 3.28. The van der Waals surface area contributed by atoms with Crippen LogP contribution in [0.4, 0.5) is 11.4 Å². The summed E-state index contributed by atoms with van der Waals surface area (Å²) in [4.78, 5) is 13.2. The third-order valence-electron chi connectivity index (χ3n) is 3.24. The van der Waals surface area contributed by atoms with E-state index in [9.17, 15) is 4.79 Å². The fourth-order valence-corrected chi connectivity index (χ4v) is 2.32. The highest BCUT2D eigenvalue weighted by Crippen LogP contribution is 2.24. The van der Waals surface area contributed by atoms with Crippen molar-refractivity contribution in [1.29, 1.82) is 0 Å². The Balaban J connectivity index is 2.04. The van der Waals surface area contributed by atoms with E-state index in [2.05, 4.69) is 5.32 Å². The van der Waals surface area contributed by atoms with Gasteiger partial charge in [0.05, 0.1) is 6.61 Å². The van der Waals surface area contributed by atoms with Crippen molar-refractivity contribution in [3.8, 4) is 5.75 Å². The topological polar surface area (TPSA) is 67.6 Å². The normalized spacial score (nSPS) is 19.4. The maximum atomic E-state index is 11.4. The molecule has 1 heterocycles. The van der Waals surface area contributed by atoms with Crippen molar-refractivity contribution < 1.29 is 9.53 Å². The molecule has 1 atom stereocenters. The second kappa shape index (κ2) is 5.82. The molecule has 1 unspecified atom stereocenters. The van der Waals surface area contributed by atoms with Crippen LogP contribution in [0.1, 0.15) is 19.8 Å². The summed E-state index contributed by atoms with van der Waals surface area (Å²) in [6, 6.07) is 5.90. The molecule has 0 aliphatic carbocycles. The first-order chi connectivity index (χ1) is 9.08. The molecule has 0 radical (unpaired) electrons. The maximum Gasteiger partial charge on any atom is 0.222 e. The van der Waals surface area contributed by atoms with Gasteiger partial charge < -0.3 is 20.7 Å². The van der Waals surface area contributed by atoms with Gasteiger partial charge in [-0.1, -0.05) is 0 Å². The Bertz CT molecular complexity index is 462. The number of nitrogen functional groups attached to an aromatic ring is 1. The van der Waals surface area contributed by atoms with Crippen LogP contribution in [-0.4, -0.2) is 37.0 Å². The first-order valence-corrected chi connectivity index (χ1v) is 6.62.